The van der Waals surface area contributed by atoms with Crippen LogP contribution < -0.4 is 5.32 Å². The highest BCUT2D eigenvalue weighted by Crippen LogP contribution is 2.26. The maximum Gasteiger partial charge on any atom is 0.412 e. The van der Waals surface area contributed by atoms with E-state index in [2.05, 4.69) is 17.2 Å². The zero-order valence-electron chi connectivity index (χ0n) is 19.5. The quantitative estimate of drug-likeness (QED) is 0.204. The maximum absolute atomic E-state index is 13.3. The second-order valence-corrected chi connectivity index (χ2v) is 8.92. The first-order chi connectivity index (χ1) is 16.5. The fraction of sp³-hybridized carbons (Fsp3) is 0.259. The number of hydrogen-bond donors (Lipinski definition) is 2. The van der Waals surface area contributed by atoms with Gasteiger partial charge < -0.3 is 10.1 Å². The molecule has 0 fully saturated rings. The number of aliphatic imine (C=N–C) groups is 1. The van der Waals surface area contributed by atoms with Crippen molar-refractivity contribution in [2.75, 3.05) is 12.9 Å². The fourth-order valence-electron chi connectivity index (χ4n) is 3.46. The smallest absolute Gasteiger partial charge is 0.412 e. The molecule has 0 bridgehead atoms. The highest BCUT2D eigenvalue weighted by atomic mass is 32.2. The van der Waals surface area contributed by atoms with Crippen LogP contribution in [0.4, 0.5) is 10.5 Å². The summed E-state index contributed by atoms with van der Waals surface area (Å²) >= 11 is 1.46. The lowest BCUT2D eigenvalue weighted by Gasteiger charge is -2.14. The van der Waals surface area contributed by atoms with Gasteiger partial charge in [-0.3, -0.25) is 10.1 Å². The van der Waals surface area contributed by atoms with E-state index in [9.17, 15) is 9.59 Å². The van der Waals surface area contributed by atoms with Crippen molar-refractivity contribution in [1.29, 1.82) is 5.41 Å². The monoisotopic (exact) mass is 475 g/mol. The van der Waals surface area contributed by atoms with Crippen molar-refractivity contribution in [1.82, 2.24) is 5.32 Å². The van der Waals surface area contributed by atoms with Gasteiger partial charge in [0.25, 0.3) is 0 Å². The summed E-state index contributed by atoms with van der Waals surface area (Å²) in [6.07, 6.45) is 8.18. The lowest BCUT2D eigenvalue weighted by atomic mass is 9.91. The Morgan fingerprint density at radius 1 is 1.18 bits per heavy atom. The average molecular weight is 476 g/mol. The van der Waals surface area contributed by atoms with Crippen LogP contribution in [0.2, 0.25) is 0 Å². The van der Waals surface area contributed by atoms with Gasteiger partial charge in [0.1, 0.15) is 0 Å². The molecule has 0 radical (unpaired) electrons. The van der Waals surface area contributed by atoms with E-state index in [4.69, 9.17) is 10.1 Å². The largest absolute Gasteiger partial charge is 0.453 e. The van der Waals surface area contributed by atoms with Gasteiger partial charge in [-0.15, -0.1) is 0 Å². The SMILES string of the molecule is CCCCSC(=Nc1ccc(C(=O)c2ccccc2)c(CC2=CC=CC(=N)C2)c1)NC(=O)OC. The Morgan fingerprint density at radius 2 is 1.97 bits per heavy atom. The molecule has 2 aromatic rings. The van der Waals surface area contributed by atoms with Gasteiger partial charge in [0.2, 0.25) is 0 Å². The molecular formula is C27H29N3O3S. The van der Waals surface area contributed by atoms with Crippen molar-refractivity contribution in [2.24, 2.45) is 4.99 Å². The van der Waals surface area contributed by atoms with Crippen molar-refractivity contribution in [3.05, 3.63) is 89.0 Å². The minimum atomic E-state index is -0.573. The molecule has 0 aromatic heterocycles. The van der Waals surface area contributed by atoms with E-state index in [1.54, 1.807) is 30.3 Å². The number of allylic oxidation sites excluding steroid dienone is 4. The summed E-state index contributed by atoms with van der Waals surface area (Å²) < 4.78 is 4.74. The van der Waals surface area contributed by atoms with E-state index >= 15 is 0 Å². The number of benzene rings is 2. The molecular weight excluding hydrogens is 446 g/mol. The zero-order chi connectivity index (χ0) is 24.3. The van der Waals surface area contributed by atoms with Gasteiger partial charge in [-0.2, -0.15) is 0 Å². The van der Waals surface area contributed by atoms with Crippen LogP contribution in [0, 0.1) is 5.41 Å². The maximum atomic E-state index is 13.3. The number of ether oxygens (including phenoxy) is 1. The second kappa shape index (κ2) is 12.7. The molecule has 7 heteroatoms. The summed E-state index contributed by atoms with van der Waals surface area (Å²) in [4.78, 5) is 29.7. The van der Waals surface area contributed by atoms with E-state index in [0.717, 1.165) is 29.7 Å². The first-order valence-corrected chi connectivity index (χ1v) is 12.2. The van der Waals surface area contributed by atoms with E-state index in [1.165, 1.54) is 18.9 Å². The number of nitrogens with zero attached hydrogens (tertiary/aromatic N) is 1. The van der Waals surface area contributed by atoms with Crippen LogP contribution in [0.15, 0.2) is 77.3 Å². The Bertz CT molecular complexity index is 1140. The molecule has 0 aliphatic heterocycles. The van der Waals surface area contributed by atoms with Crippen LogP contribution in [0.1, 0.15) is 47.7 Å². The Morgan fingerprint density at radius 3 is 2.68 bits per heavy atom. The van der Waals surface area contributed by atoms with Gasteiger partial charge in [0.15, 0.2) is 11.0 Å². The van der Waals surface area contributed by atoms with Gasteiger partial charge in [0.05, 0.1) is 12.8 Å². The summed E-state index contributed by atoms with van der Waals surface area (Å²) in [5, 5.41) is 11.1. The molecule has 1 aliphatic carbocycles. The van der Waals surface area contributed by atoms with Crippen molar-refractivity contribution in [3.8, 4) is 0 Å². The zero-order valence-corrected chi connectivity index (χ0v) is 20.3. The molecule has 0 spiro atoms. The Hall–Kier alpha value is -3.45. The minimum Gasteiger partial charge on any atom is -0.453 e. The van der Waals surface area contributed by atoms with E-state index in [1.807, 2.05) is 36.4 Å². The van der Waals surface area contributed by atoms with E-state index in [-0.39, 0.29) is 5.78 Å². The number of hydrogen-bond acceptors (Lipinski definition) is 6. The topological polar surface area (TPSA) is 91.6 Å². The number of thioether (sulfide) groups is 1. The third-order valence-electron chi connectivity index (χ3n) is 5.20. The Labute approximate surface area is 204 Å². The van der Waals surface area contributed by atoms with Gasteiger partial charge in [-0.25, -0.2) is 9.79 Å². The summed E-state index contributed by atoms with van der Waals surface area (Å²) in [6, 6.07) is 14.7. The van der Waals surface area contributed by atoms with Gasteiger partial charge in [0, 0.05) is 29.0 Å². The number of carbonyl (C=O) groups excluding carboxylic acids is 2. The van der Waals surface area contributed by atoms with Crippen LogP contribution >= 0.6 is 11.8 Å². The van der Waals surface area contributed by atoms with E-state index < -0.39 is 6.09 Å². The molecule has 34 heavy (non-hydrogen) atoms. The molecule has 2 N–H and O–H groups in total. The Balaban J connectivity index is 1.98. The molecule has 176 valence electrons. The van der Waals surface area contributed by atoms with Gasteiger partial charge >= 0.3 is 6.09 Å². The Kier molecular flexibility index (Phi) is 9.40. The molecule has 0 heterocycles. The standard InChI is InChI=1S/C27H29N3O3S/c1-3-4-15-34-26(30-27(32)33-2)29-23-13-14-24(25(31)20-10-6-5-7-11-20)21(18-23)16-19-9-8-12-22(28)17-19/h5-14,18,28H,3-4,15-17H2,1-2H3,(H,29,30,32). The predicted octanol–water partition coefficient (Wildman–Crippen LogP) is 6.24. The predicted molar refractivity (Wildman–Crippen MR) is 140 cm³/mol. The minimum absolute atomic E-state index is 0.0570. The van der Waals surface area contributed by atoms with Gasteiger partial charge in [-0.05, 0) is 42.7 Å². The van der Waals surface area contributed by atoms with E-state index in [0.29, 0.717) is 40.5 Å². The van der Waals surface area contributed by atoms with Crippen LogP contribution in [0.5, 0.6) is 0 Å². The van der Waals surface area contributed by atoms with Crippen molar-refractivity contribution in [3.63, 3.8) is 0 Å². The summed E-state index contributed by atoms with van der Waals surface area (Å²) in [5.74, 6) is 0.761. The molecule has 1 aliphatic rings. The number of nitrogens with one attached hydrogen (secondary N) is 2. The van der Waals surface area contributed by atoms with Crippen molar-refractivity contribution in [2.45, 2.75) is 32.6 Å². The molecule has 1 amide bonds. The number of ketones is 1. The highest BCUT2D eigenvalue weighted by Gasteiger charge is 2.17. The summed E-state index contributed by atoms with van der Waals surface area (Å²) in [7, 11) is 1.32. The van der Waals surface area contributed by atoms with Gasteiger partial charge in [-0.1, -0.05) is 73.2 Å². The molecule has 0 unspecified atom stereocenters. The van der Waals surface area contributed by atoms with Crippen molar-refractivity contribution >= 4 is 40.2 Å². The van der Waals surface area contributed by atoms with Crippen LogP contribution in [-0.2, 0) is 11.2 Å². The number of unbranched alkanes of at least 4 members (excludes halogenated alkanes) is 1. The molecule has 0 saturated heterocycles. The number of alkyl carbamates (subject to hydrolysis) is 1. The number of rotatable bonds is 8. The van der Waals surface area contributed by atoms with Crippen LogP contribution in [0.25, 0.3) is 0 Å². The normalized spacial score (nSPS) is 13.4. The van der Waals surface area contributed by atoms with Crippen LogP contribution in [-0.4, -0.2) is 35.6 Å². The fourth-order valence-corrected chi connectivity index (χ4v) is 4.41. The average Bonchev–Trinajstić information content (AvgIpc) is 2.84. The number of amides is 1. The second-order valence-electron chi connectivity index (χ2n) is 7.83. The molecule has 2 aromatic carbocycles. The molecule has 0 saturated carbocycles. The third kappa shape index (κ3) is 7.28. The molecule has 3 rings (SSSR count). The van der Waals surface area contributed by atoms with Crippen LogP contribution in [0.3, 0.4) is 0 Å². The summed E-state index contributed by atoms with van der Waals surface area (Å²) in [5.41, 5.74) is 4.29. The first kappa shape index (κ1) is 25.2. The summed E-state index contributed by atoms with van der Waals surface area (Å²) in [6.45, 7) is 2.11. The molecule has 0 atom stereocenters. The third-order valence-corrected chi connectivity index (χ3v) is 6.16. The number of carbonyl (C=O) groups is 2. The molecule has 6 nitrogen and oxygen atoms in total. The highest BCUT2D eigenvalue weighted by molar-refractivity contribution is 8.13. The first-order valence-electron chi connectivity index (χ1n) is 11.2. The number of amidine groups is 1. The van der Waals surface area contributed by atoms with Crippen molar-refractivity contribution < 1.29 is 14.3 Å². The lowest BCUT2D eigenvalue weighted by molar-refractivity contribution is 0.103. The number of methoxy groups -OCH3 is 1. The lowest BCUT2D eigenvalue weighted by Crippen LogP contribution is -2.28.